The highest BCUT2D eigenvalue weighted by atomic mass is 32.2. The van der Waals surface area contributed by atoms with E-state index in [0.717, 1.165) is 0 Å². The summed E-state index contributed by atoms with van der Waals surface area (Å²) in [6, 6.07) is 0.00520. The monoisotopic (exact) mass is 288 g/mol. The van der Waals surface area contributed by atoms with Crippen LogP contribution in [-0.4, -0.2) is 42.3 Å². The van der Waals surface area contributed by atoms with Gasteiger partial charge < -0.3 is 10.7 Å². The number of hydrogen-bond donors (Lipinski definition) is 2. The molecule has 0 saturated heterocycles. The van der Waals surface area contributed by atoms with Gasteiger partial charge >= 0.3 is 0 Å². The van der Waals surface area contributed by atoms with E-state index >= 15 is 0 Å². The molecule has 1 aromatic heterocycles. The maximum Gasteiger partial charge on any atom is 0.259 e. The molecule has 1 atom stereocenters. The zero-order chi connectivity index (χ0) is 14.6. The Morgan fingerprint density at radius 1 is 1.47 bits per heavy atom. The molecule has 0 spiro atoms. The van der Waals surface area contributed by atoms with Gasteiger partial charge in [-0.1, -0.05) is 20.8 Å². The average Bonchev–Trinajstić information content (AvgIpc) is 2.84. The average molecular weight is 288 g/mol. The molecule has 0 aliphatic rings. The molecule has 1 heterocycles. The summed E-state index contributed by atoms with van der Waals surface area (Å²) in [4.78, 5) is 6.84. The summed E-state index contributed by atoms with van der Waals surface area (Å²) in [6.07, 6.45) is 2.69. The summed E-state index contributed by atoms with van der Waals surface area (Å²) >= 11 is 0. The molecule has 0 bridgehead atoms. The minimum Gasteiger partial charge on any atom is -0.332 e. The quantitative estimate of drug-likeness (QED) is 0.782. The van der Waals surface area contributed by atoms with Crippen molar-refractivity contribution in [2.75, 3.05) is 13.6 Å². The topological polar surface area (TPSA) is 92.1 Å². The molecular weight excluding hydrogens is 264 g/mol. The first-order valence-electron chi connectivity index (χ1n) is 6.54. The fourth-order valence-corrected chi connectivity index (χ4v) is 2.72. The molecule has 1 unspecified atom stereocenters. The largest absolute Gasteiger partial charge is 0.332 e. The summed E-state index contributed by atoms with van der Waals surface area (Å²) < 4.78 is 25.8. The van der Waals surface area contributed by atoms with Crippen molar-refractivity contribution in [3.8, 4) is 0 Å². The zero-order valence-electron chi connectivity index (χ0n) is 12.0. The molecule has 3 N–H and O–H groups in total. The first-order chi connectivity index (χ1) is 8.78. The molecule has 0 aliphatic carbocycles. The predicted octanol–water partition coefficient (Wildman–Crippen LogP) is 0.966. The van der Waals surface area contributed by atoms with Crippen LogP contribution in [0.4, 0.5) is 0 Å². The van der Waals surface area contributed by atoms with E-state index in [-0.39, 0.29) is 11.1 Å². The first kappa shape index (κ1) is 16.1. The summed E-state index contributed by atoms with van der Waals surface area (Å²) in [5.41, 5.74) is 5.93. The van der Waals surface area contributed by atoms with E-state index < -0.39 is 10.0 Å². The van der Waals surface area contributed by atoms with Crippen molar-refractivity contribution in [3.63, 3.8) is 0 Å². The lowest BCUT2D eigenvalue weighted by molar-refractivity contribution is 0.396. The Labute approximate surface area is 115 Å². The van der Waals surface area contributed by atoms with Crippen LogP contribution < -0.4 is 5.73 Å². The van der Waals surface area contributed by atoms with Crippen molar-refractivity contribution in [1.29, 1.82) is 0 Å². The van der Waals surface area contributed by atoms with Gasteiger partial charge in [0, 0.05) is 26.1 Å². The lowest BCUT2D eigenvalue weighted by Gasteiger charge is -2.20. The molecule has 7 heteroatoms. The number of sulfonamides is 1. The predicted molar refractivity (Wildman–Crippen MR) is 75.2 cm³/mol. The third kappa shape index (κ3) is 4.02. The molecule has 0 fully saturated rings. The van der Waals surface area contributed by atoms with Crippen molar-refractivity contribution in [1.82, 2.24) is 14.3 Å². The molecule has 0 radical (unpaired) electrons. The molecule has 0 saturated carbocycles. The van der Waals surface area contributed by atoms with E-state index in [4.69, 9.17) is 5.73 Å². The van der Waals surface area contributed by atoms with Gasteiger partial charge in [0.05, 0.1) is 6.20 Å². The van der Waals surface area contributed by atoms with E-state index in [1.807, 2.05) is 20.8 Å². The van der Waals surface area contributed by atoms with Gasteiger partial charge in [0.25, 0.3) is 10.0 Å². The molecule has 6 nitrogen and oxygen atoms in total. The van der Waals surface area contributed by atoms with Crippen LogP contribution in [0.15, 0.2) is 11.2 Å². The number of aromatic amines is 1. The van der Waals surface area contributed by atoms with E-state index in [0.29, 0.717) is 31.1 Å². The van der Waals surface area contributed by atoms with Crippen LogP contribution in [0.2, 0.25) is 0 Å². The highest BCUT2D eigenvalue weighted by Crippen LogP contribution is 2.13. The molecule has 19 heavy (non-hydrogen) atoms. The van der Waals surface area contributed by atoms with E-state index in [1.54, 1.807) is 7.05 Å². The fraction of sp³-hybridized carbons (Fsp3) is 0.750. The van der Waals surface area contributed by atoms with Crippen LogP contribution in [0.25, 0.3) is 0 Å². The maximum atomic E-state index is 12.3. The van der Waals surface area contributed by atoms with Gasteiger partial charge in [0.2, 0.25) is 0 Å². The lowest BCUT2D eigenvalue weighted by atomic mass is 10.0. The second-order valence-electron chi connectivity index (χ2n) is 5.07. The van der Waals surface area contributed by atoms with E-state index in [2.05, 4.69) is 9.97 Å². The van der Waals surface area contributed by atoms with Crippen LogP contribution in [0.3, 0.4) is 0 Å². The van der Waals surface area contributed by atoms with Gasteiger partial charge in [-0.25, -0.2) is 13.4 Å². The number of H-pyrrole nitrogens is 1. The Morgan fingerprint density at radius 2 is 2.11 bits per heavy atom. The molecule has 0 aromatic carbocycles. The van der Waals surface area contributed by atoms with Gasteiger partial charge in [0.1, 0.15) is 5.82 Å². The second kappa shape index (κ2) is 6.49. The van der Waals surface area contributed by atoms with E-state index in [9.17, 15) is 8.42 Å². The molecule has 110 valence electrons. The number of aromatic nitrogens is 2. The van der Waals surface area contributed by atoms with Crippen LogP contribution in [0.5, 0.6) is 0 Å². The van der Waals surface area contributed by atoms with Crippen molar-refractivity contribution in [2.45, 2.75) is 44.7 Å². The molecule has 1 rings (SSSR count). The summed E-state index contributed by atoms with van der Waals surface area (Å²) in [6.45, 7) is 6.38. The normalized spacial score (nSPS) is 14.3. The maximum absolute atomic E-state index is 12.3. The standard InChI is InChI=1S/C12H24N4O2S/c1-5-11-14-8-12(15-11)19(17,18)16(4)7-6-10(13)9(2)3/h8-10H,5-7,13H2,1-4H3,(H,14,15). The van der Waals surface area contributed by atoms with Crippen LogP contribution in [0.1, 0.15) is 33.0 Å². The summed E-state index contributed by atoms with van der Waals surface area (Å²) in [5.74, 6) is 1.01. The number of nitrogens with two attached hydrogens (primary N) is 1. The Balaban J connectivity index is 2.71. The van der Waals surface area contributed by atoms with Gasteiger partial charge in [-0.05, 0) is 12.3 Å². The summed E-state index contributed by atoms with van der Waals surface area (Å²) in [7, 11) is -1.93. The minimum absolute atomic E-state index is 0.00520. The van der Waals surface area contributed by atoms with Crippen molar-refractivity contribution >= 4 is 10.0 Å². The number of nitrogens with one attached hydrogen (secondary N) is 1. The van der Waals surface area contributed by atoms with Crippen molar-refractivity contribution in [2.24, 2.45) is 11.7 Å². The van der Waals surface area contributed by atoms with Gasteiger partial charge in [-0.15, -0.1) is 0 Å². The summed E-state index contributed by atoms with van der Waals surface area (Å²) in [5, 5.41) is 0.143. The van der Waals surface area contributed by atoms with E-state index in [1.165, 1.54) is 10.5 Å². The zero-order valence-corrected chi connectivity index (χ0v) is 12.9. The smallest absolute Gasteiger partial charge is 0.259 e. The number of rotatable bonds is 7. The van der Waals surface area contributed by atoms with Crippen molar-refractivity contribution < 1.29 is 8.42 Å². The molecule has 0 amide bonds. The molecular formula is C12H24N4O2S. The third-order valence-electron chi connectivity index (χ3n) is 3.26. The third-order valence-corrected chi connectivity index (χ3v) is 5.03. The highest BCUT2D eigenvalue weighted by molar-refractivity contribution is 7.89. The number of aryl methyl sites for hydroxylation is 1. The first-order valence-corrected chi connectivity index (χ1v) is 7.98. The lowest BCUT2D eigenvalue weighted by Crippen LogP contribution is -2.34. The van der Waals surface area contributed by atoms with Gasteiger partial charge in [-0.3, -0.25) is 0 Å². The number of nitrogens with zero attached hydrogens (tertiary/aromatic N) is 2. The Hall–Kier alpha value is -0.920. The Kier molecular flexibility index (Phi) is 5.51. The number of imidazole rings is 1. The van der Waals surface area contributed by atoms with Gasteiger partial charge in [0.15, 0.2) is 5.03 Å². The number of hydrogen-bond acceptors (Lipinski definition) is 4. The molecule has 1 aromatic rings. The van der Waals surface area contributed by atoms with Crippen molar-refractivity contribution in [3.05, 3.63) is 12.0 Å². The molecule has 0 aliphatic heterocycles. The second-order valence-corrected chi connectivity index (χ2v) is 7.08. The Morgan fingerprint density at radius 3 is 2.58 bits per heavy atom. The minimum atomic E-state index is -3.49. The SMILES string of the molecule is CCc1ncc(S(=O)(=O)N(C)CCC(N)C(C)C)[nH]1. The van der Waals surface area contributed by atoms with Crippen LogP contribution in [-0.2, 0) is 16.4 Å². The highest BCUT2D eigenvalue weighted by Gasteiger charge is 2.23. The Bertz CT molecular complexity index is 496. The van der Waals surface area contributed by atoms with Crippen LogP contribution in [0, 0.1) is 5.92 Å². The van der Waals surface area contributed by atoms with Gasteiger partial charge in [-0.2, -0.15) is 4.31 Å². The van der Waals surface area contributed by atoms with Crippen LogP contribution >= 0.6 is 0 Å². The fourth-order valence-electron chi connectivity index (χ4n) is 1.61.